The maximum absolute atomic E-state index is 11.8. The summed E-state index contributed by atoms with van der Waals surface area (Å²) < 4.78 is 5.73. The largest absolute Gasteiger partial charge is 0.493 e. The molecule has 5 heteroatoms. The summed E-state index contributed by atoms with van der Waals surface area (Å²) in [5.41, 5.74) is 8.70. The molecule has 120 valence electrons. The zero-order chi connectivity index (χ0) is 15.3. The van der Waals surface area contributed by atoms with Crippen LogP contribution in [-0.2, 0) is 4.79 Å². The van der Waals surface area contributed by atoms with E-state index in [0.29, 0.717) is 19.6 Å². The van der Waals surface area contributed by atoms with Crippen molar-refractivity contribution in [2.75, 3.05) is 13.2 Å². The van der Waals surface area contributed by atoms with E-state index in [1.54, 1.807) is 0 Å². The van der Waals surface area contributed by atoms with Crippen molar-refractivity contribution in [2.24, 2.45) is 5.73 Å². The second kappa shape index (κ2) is 8.25. The molecule has 1 aromatic carbocycles. The molecule has 0 aliphatic heterocycles. The summed E-state index contributed by atoms with van der Waals surface area (Å²) in [4.78, 5) is 11.8. The number of halogens is 1. The Morgan fingerprint density at radius 2 is 1.90 bits per heavy atom. The molecule has 0 saturated carbocycles. The minimum absolute atomic E-state index is 0. The van der Waals surface area contributed by atoms with Crippen LogP contribution in [0.2, 0.25) is 0 Å². The molecular weight excluding hydrogens is 288 g/mol. The Morgan fingerprint density at radius 3 is 2.48 bits per heavy atom. The monoisotopic (exact) mass is 314 g/mol. The van der Waals surface area contributed by atoms with Crippen molar-refractivity contribution < 1.29 is 9.53 Å². The summed E-state index contributed by atoms with van der Waals surface area (Å²) in [5, 5.41) is 2.89. The van der Waals surface area contributed by atoms with Gasteiger partial charge in [0.15, 0.2) is 0 Å². The number of carbonyl (C=O) groups excluding carboxylic acids is 1. The molecule has 0 unspecified atom stereocenters. The molecular formula is C16H27ClN2O2. The van der Waals surface area contributed by atoms with Crippen molar-refractivity contribution in [1.82, 2.24) is 5.32 Å². The number of hydrogen-bond donors (Lipinski definition) is 2. The summed E-state index contributed by atoms with van der Waals surface area (Å²) in [7, 11) is 0. The third-order valence-electron chi connectivity index (χ3n) is 3.34. The van der Waals surface area contributed by atoms with E-state index in [1.807, 2.05) is 33.8 Å². The average Bonchev–Trinajstić information content (AvgIpc) is 2.34. The molecule has 0 saturated heterocycles. The molecule has 0 aromatic heterocycles. The van der Waals surface area contributed by atoms with Crippen LogP contribution < -0.4 is 15.8 Å². The van der Waals surface area contributed by atoms with Crippen LogP contribution in [-0.4, -0.2) is 24.6 Å². The van der Waals surface area contributed by atoms with E-state index >= 15 is 0 Å². The van der Waals surface area contributed by atoms with Gasteiger partial charge in [-0.3, -0.25) is 4.79 Å². The van der Waals surface area contributed by atoms with Crippen molar-refractivity contribution in [2.45, 2.75) is 46.6 Å². The lowest BCUT2D eigenvalue weighted by Gasteiger charge is -2.24. The van der Waals surface area contributed by atoms with Gasteiger partial charge in [0.05, 0.1) is 13.0 Å². The van der Waals surface area contributed by atoms with E-state index in [0.717, 1.165) is 16.9 Å². The molecule has 0 bridgehead atoms. The number of aryl methyl sites for hydroxylation is 2. The number of hydrogen-bond acceptors (Lipinski definition) is 3. The van der Waals surface area contributed by atoms with Crippen LogP contribution in [0.4, 0.5) is 0 Å². The first kappa shape index (κ1) is 19.7. The third-order valence-corrected chi connectivity index (χ3v) is 3.34. The molecule has 0 radical (unpaired) electrons. The van der Waals surface area contributed by atoms with Gasteiger partial charge in [0.25, 0.3) is 0 Å². The number of nitrogens with two attached hydrogens (primary N) is 1. The number of benzene rings is 1. The molecule has 0 heterocycles. The Bertz CT molecular complexity index is 487. The molecule has 21 heavy (non-hydrogen) atoms. The highest BCUT2D eigenvalue weighted by molar-refractivity contribution is 5.85. The summed E-state index contributed by atoms with van der Waals surface area (Å²) in [6.45, 7) is 10.7. The number of ether oxygens (including phenoxy) is 1. The third kappa shape index (κ3) is 6.36. The zero-order valence-electron chi connectivity index (χ0n) is 13.6. The summed E-state index contributed by atoms with van der Waals surface area (Å²) in [6, 6.07) is 4.13. The smallest absolute Gasteiger partial charge is 0.223 e. The van der Waals surface area contributed by atoms with Crippen molar-refractivity contribution in [3.05, 3.63) is 28.8 Å². The second-order valence-corrected chi connectivity index (χ2v) is 5.94. The van der Waals surface area contributed by atoms with E-state index in [9.17, 15) is 4.79 Å². The zero-order valence-corrected chi connectivity index (χ0v) is 14.4. The van der Waals surface area contributed by atoms with Gasteiger partial charge in [-0.25, -0.2) is 0 Å². The van der Waals surface area contributed by atoms with Gasteiger partial charge in [-0.05, 0) is 57.4 Å². The molecule has 0 fully saturated rings. The van der Waals surface area contributed by atoms with Crippen molar-refractivity contribution >= 4 is 18.3 Å². The lowest BCUT2D eigenvalue weighted by molar-refractivity contribution is -0.123. The summed E-state index contributed by atoms with van der Waals surface area (Å²) >= 11 is 0. The van der Waals surface area contributed by atoms with Gasteiger partial charge >= 0.3 is 0 Å². The lowest BCUT2D eigenvalue weighted by atomic mass is 10.1. The molecule has 1 aromatic rings. The van der Waals surface area contributed by atoms with E-state index in [4.69, 9.17) is 10.5 Å². The number of amides is 1. The highest BCUT2D eigenvalue weighted by Crippen LogP contribution is 2.23. The minimum atomic E-state index is -0.368. The van der Waals surface area contributed by atoms with E-state index in [2.05, 4.69) is 18.3 Å². The van der Waals surface area contributed by atoms with Crippen molar-refractivity contribution in [3.8, 4) is 5.75 Å². The first-order chi connectivity index (χ1) is 9.25. The highest BCUT2D eigenvalue weighted by Gasteiger charge is 2.17. The van der Waals surface area contributed by atoms with Crippen LogP contribution in [0.5, 0.6) is 5.75 Å². The van der Waals surface area contributed by atoms with Crippen LogP contribution in [0.1, 0.15) is 37.0 Å². The van der Waals surface area contributed by atoms with Crippen LogP contribution in [0, 0.1) is 20.8 Å². The van der Waals surface area contributed by atoms with E-state index < -0.39 is 0 Å². The molecule has 0 atom stereocenters. The minimum Gasteiger partial charge on any atom is -0.493 e. The number of rotatable bonds is 6. The Kier molecular flexibility index (Phi) is 7.75. The highest BCUT2D eigenvalue weighted by atomic mass is 35.5. The van der Waals surface area contributed by atoms with Crippen molar-refractivity contribution in [3.63, 3.8) is 0 Å². The predicted octanol–water partition coefficient (Wildman–Crippen LogP) is 2.66. The Morgan fingerprint density at radius 1 is 1.29 bits per heavy atom. The maximum Gasteiger partial charge on any atom is 0.223 e. The normalized spacial score (nSPS) is 10.8. The van der Waals surface area contributed by atoms with Gasteiger partial charge < -0.3 is 15.8 Å². The van der Waals surface area contributed by atoms with Gasteiger partial charge in [0.1, 0.15) is 5.75 Å². The first-order valence-electron chi connectivity index (χ1n) is 6.97. The van der Waals surface area contributed by atoms with Crippen LogP contribution >= 0.6 is 12.4 Å². The van der Waals surface area contributed by atoms with E-state index in [1.165, 1.54) is 5.56 Å². The van der Waals surface area contributed by atoms with Gasteiger partial charge in [-0.1, -0.05) is 6.07 Å². The Hall–Kier alpha value is -1.26. The van der Waals surface area contributed by atoms with Gasteiger partial charge in [-0.15, -0.1) is 12.4 Å². The summed E-state index contributed by atoms with van der Waals surface area (Å²) in [6.07, 6.45) is 0.329. The predicted molar refractivity (Wildman–Crippen MR) is 89.3 cm³/mol. The van der Waals surface area contributed by atoms with Crippen LogP contribution in [0.15, 0.2) is 12.1 Å². The quantitative estimate of drug-likeness (QED) is 0.848. The lowest BCUT2D eigenvalue weighted by Crippen LogP contribution is -2.49. The number of nitrogens with one attached hydrogen (secondary N) is 1. The SMILES string of the molecule is Cc1cc(C)c(C)c(OCCC(=O)NC(C)(C)CN)c1.Cl. The molecule has 0 spiro atoms. The van der Waals surface area contributed by atoms with Crippen LogP contribution in [0.25, 0.3) is 0 Å². The van der Waals surface area contributed by atoms with E-state index in [-0.39, 0.29) is 23.9 Å². The van der Waals surface area contributed by atoms with Gasteiger partial charge in [-0.2, -0.15) is 0 Å². The Labute approximate surface area is 133 Å². The standard InChI is InChI=1S/C16H26N2O2.ClH/c1-11-8-12(2)13(3)14(9-11)20-7-6-15(19)18-16(4,5)10-17;/h8-9H,6-7,10,17H2,1-5H3,(H,18,19);1H. The van der Waals surface area contributed by atoms with Gasteiger partial charge in [0.2, 0.25) is 5.91 Å². The first-order valence-corrected chi connectivity index (χ1v) is 6.97. The molecule has 3 N–H and O–H groups in total. The van der Waals surface area contributed by atoms with Crippen molar-refractivity contribution in [1.29, 1.82) is 0 Å². The van der Waals surface area contributed by atoms with Gasteiger partial charge in [0, 0.05) is 12.1 Å². The molecule has 0 aliphatic carbocycles. The fraction of sp³-hybridized carbons (Fsp3) is 0.562. The average molecular weight is 315 g/mol. The van der Waals surface area contributed by atoms with Crippen LogP contribution in [0.3, 0.4) is 0 Å². The maximum atomic E-state index is 11.8. The fourth-order valence-corrected chi connectivity index (χ4v) is 1.90. The molecule has 4 nitrogen and oxygen atoms in total. The molecule has 1 rings (SSSR count). The molecule has 1 amide bonds. The Balaban J connectivity index is 0.00000400. The number of carbonyl (C=O) groups is 1. The summed E-state index contributed by atoms with van der Waals surface area (Å²) in [5.74, 6) is 0.816. The molecule has 0 aliphatic rings. The second-order valence-electron chi connectivity index (χ2n) is 5.94. The topological polar surface area (TPSA) is 64.3 Å². The fourth-order valence-electron chi connectivity index (χ4n) is 1.90.